The van der Waals surface area contributed by atoms with Crippen molar-refractivity contribution >= 4 is 17.2 Å². The third-order valence-corrected chi connectivity index (χ3v) is 8.19. The largest absolute Gasteiger partial charge is 0.418 e. The first-order valence-electron chi connectivity index (χ1n) is 14.8. The fraction of sp³-hybridized carbons (Fsp3) is 0.438. The molecule has 13 heteroatoms. The van der Waals surface area contributed by atoms with Crippen molar-refractivity contribution in [2.24, 2.45) is 4.99 Å². The molecule has 242 valence electrons. The predicted molar refractivity (Wildman–Crippen MR) is 165 cm³/mol. The van der Waals surface area contributed by atoms with Gasteiger partial charge in [0.15, 0.2) is 0 Å². The number of benzene rings is 2. The summed E-state index contributed by atoms with van der Waals surface area (Å²) in [6, 6.07) is 11.8. The smallest absolute Gasteiger partial charge is 0.351 e. The summed E-state index contributed by atoms with van der Waals surface area (Å²) in [5, 5.41) is 3.17. The van der Waals surface area contributed by atoms with Crippen LogP contribution in [0.5, 0.6) is 0 Å². The third-order valence-electron chi connectivity index (χ3n) is 8.19. The van der Waals surface area contributed by atoms with Crippen LogP contribution in [-0.4, -0.2) is 98.6 Å². The van der Waals surface area contributed by atoms with E-state index in [-0.39, 0.29) is 5.69 Å². The van der Waals surface area contributed by atoms with Crippen LogP contribution >= 0.6 is 0 Å². The van der Waals surface area contributed by atoms with Crippen LogP contribution in [0.3, 0.4) is 0 Å². The normalized spacial score (nSPS) is 18.2. The van der Waals surface area contributed by atoms with E-state index in [1.807, 2.05) is 11.9 Å². The number of amidine groups is 1. The van der Waals surface area contributed by atoms with E-state index in [2.05, 4.69) is 39.1 Å². The van der Waals surface area contributed by atoms with Gasteiger partial charge in [0.2, 0.25) is 0 Å². The Morgan fingerprint density at radius 1 is 0.889 bits per heavy atom. The topological polar surface area (TPSA) is 50.2 Å². The first kappa shape index (κ1) is 32.7. The lowest BCUT2D eigenvalue weighted by molar-refractivity contribution is -0.138. The van der Waals surface area contributed by atoms with Gasteiger partial charge in [-0.05, 0) is 82.1 Å². The number of fused-ring (bicyclic) bond motifs is 1. The fourth-order valence-electron chi connectivity index (χ4n) is 5.68. The minimum Gasteiger partial charge on any atom is -0.351 e. The molecule has 3 aromatic rings. The second kappa shape index (κ2) is 13.4. The van der Waals surface area contributed by atoms with E-state index < -0.39 is 29.6 Å². The summed E-state index contributed by atoms with van der Waals surface area (Å²) in [6.45, 7) is 6.16. The van der Waals surface area contributed by atoms with Gasteiger partial charge in [-0.25, -0.2) is 4.99 Å². The number of nitrogens with one attached hydrogen (secondary N) is 1. The van der Waals surface area contributed by atoms with E-state index in [1.165, 1.54) is 24.4 Å². The fourth-order valence-corrected chi connectivity index (χ4v) is 5.68. The molecule has 7 nitrogen and oxygen atoms in total. The summed E-state index contributed by atoms with van der Waals surface area (Å²) in [4.78, 5) is 17.9. The molecule has 0 saturated carbocycles. The van der Waals surface area contributed by atoms with Crippen LogP contribution in [0, 0.1) is 0 Å². The minimum atomic E-state index is -4.58. The zero-order valence-corrected chi connectivity index (χ0v) is 25.5. The number of rotatable bonds is 8. The standard InChI is InChI=1S/C32H37F6N7/c1-42(2)14-5-15-44-16-18-45(19-17-44)21-28-41-30(40-24-10-8-23(9-11-24)31(33,34)35)25-12-7-22(20-27(25)43(28)3)29-26(32(36,37)38)6-4-13-39-29/h4,6-13,20,28H,5,14-19,21H2,1-3H3,(H,40,41). The molecule has 1 unspecified atom stereocenters. The van der Waals surface area contributed by atoms with Crippen molar-refractivity contribution in [2.45, 2.75) is 24.9 Å². The molecule has 1 atom stereocenters. The van der Waals surface area contributed by atoms with E-state index in [0.717, 1.165) is 63.9 Å². The summed E-state index contributed by atoms with van der Waals surface area (Å²) < 4.78 is 81.0. The second-order valence-electron chi connectivity index (χ2n) is 11.7. The Bertz CT molecular complexity index is 1480. The number of alkyl halides is 6. The summed E-state index contributed by atoms with van der Waals surface area (Å²) in [5.41, 5.74) is 0.196. The quantitative estimate of drug-likeness (QED) is 0.308. The molecule has 5 rings (SSSR count). The number of halogens is 6. The molecule has 0 aliphatic carbocycles. The Morgan fingerprint density at radius 2 is 1.58 bits per heavy atom. The molecule has 0 amide bonds. The Hall–Kier alpha value is -3.68. The van der Waals surface area contributed by atoms with Crippen LogP contribution in [0.25, 0.3) is 11.3 Å². The Morgan fingerprint density at radius 3 is 2.22 bits per heavy atom. The third kappa shape index (κ3) is 7.95. The van der Waals surface area contributed by atoms with Crippen molar-refractivity contribution in [3.05, 3.63) is 77.5 Å². The molecule has 1 fully saturated rings. The molecule has 1 N–H and O–H groups in total. The van der Waals surface area contributed by atoms with E-state index in [0.29, 0.717) is 34.9 Å². The zero-order valence-electron chi connectivity index (χ0n) is 25.5. The lowest BCUT2D eigenvalue weighted by Crippen LogP contribution is -2.52. The average Bonchev–Trinajstić information content (AvgIpc) is 2.99. The lowest BCUT2D eigenvalue weighted by Gasteiger charge is -2.40. The Balaban J connectivity index is 1.42. The molecule has 3 heterocycles. The molecule has 0 radical (unpaired) electrons. The first-order valence-corrected chi connectivity index (χ1v) is 14.8. The highest BCUT2D eigenvalue weighted by atomic mass is 19.4. The van der Waals surface area contributed by atoms with Crippen molar-refractivity contribution in [1.29, 1.82) is 0 Å². The van der Waals surface area contributed by atoms with E-state index in [9.17, 15) is 26.3 Å². The lowest BCUT2D eigenvalue weighted by atomic mass is 9.99. The van der Waals surface area contributed by atoms with Gasteiger partial charge < -0.3 is 20.0 Å². The number of hydrogen-bond donors (Lipinski definition) is 1. The van der Waals surface area contributed by atoms with Gasteiger partial charge in [-0.2, -0.15) is 26.3 Å². The van der Waals surface area contributed by atoms with Crippen molar-refractivity contribution in [1.82, 2.24) is 19.7 Å². The van der Waals surface area contributed by atoms with E-state index in [4.69, 9.17) is 4.99 Å². The molecule has 0 spiro atoms. The number of likely N-dealkylation sites (N-methyl/N-ethyl adjacent to an activating group) is 1. The molecule has 45 heavy (non-hydrogen) atoms. The number of anilines is 2. The number of piperazine rings is 1. The monoisotopic (exact) mass is 633 g/mol. The van der Waals surface area contributed by atoms with Crippen LogP contribution in [0.4, 0.5) is 37.7 Å². The maximum atomic E-state index is 13.8. The van der Waals surface area contributed by atoms with Gasteiger partial charge in [-0.1, -0.05) is 6.07 Å². The van der Waals surface area contributed by atoms with Gasteiger partial charge in [-0.3, -0.25) is 9.88 Å². The minimum absolute atomic E-state index is 0.178. The molecule has 1 aromatic heterocycles. The second-order valence-corrected chi connectivity index (χ2v) is 11.7. The first-order chi connectivity index (χ1) is 21.3. The molecule has 0 bridgehead atoms. The Kier molecular flexibility index (Phi) is 9.71. The SMILES string of the molecule is CN(C)CCCN1CCN(CC2N=C(Nc3ccc(C(F)(F)F)cc3)c3ccc(-c4ncccc4C(F)(F)F)cc3N2C)CC1. The van der Waals surface area contributed by atoms with Gasteiger partial charge in [-0.15, -0.1) is 0 Å². The zero-order chi connectivity index (χ0) is 32.4. The van der Waals surface area contributed by atoms with Gasteiger partial charge in [0, 0.05) is 68.5 Å². The number of pyridine rings is 1. The number of aliphatic imine (C=N–C) groups is 1. The highest BCUT2D eigenvalue weighted by Crippen LogP contribution is 2.39. The molecular formula is C32H37F6N7. The van der Waals surface area contributed by atoms with E-state index in [1.54, 1.807) is 18.2 Å². The molecular weight excluding hydrogens is 596 g/mol. The summed E-state index contributed by atoms with van der Waals surface area (Å²) in [7, 11) is 5.98. The predicted octanol–water partition coefficient (Wildman–Crippen LogP) is 5.99. The van der Waals surface area contributed by atoms with Crippen LogP contribution in [-0.2, 0) is 12.4 Å². The maximum absolute atomic E-state index is 13.8. The van der Waals surface area contributed by atoms with E-state index >= 15 is 0 Å². The van der Waals surface area contributed by atoms with Crippen LogP contribution in [0.15, 0.2) is 65.8 Å². The van der Waals surface area contributed by atoms with Crippen LogP contribution < -0.4 is 10.2 Å². The molecule has 2 aliphatic rings. The van der Waals surface area contributed by atoms with Crippen molar-refractivity contribution in [3.63, 3.8) is 0 Å². The highest BCUT2D eigenvalue weighted by molar-refractivity contribution is 6.13. The summed E-state index contributed by atoms with van der Waals surface area (Å²) in [6.07, 6.45) is -7.02. The van der Waals surface area contributed by atoms with Gasteiger partial charge in [0.05, 0.1) is 16.8 Å². The summed E-state index contributed by atoms with van der Waals surface area (Å²) in [5.74, 6) is 0.429. The van der Waals surface area contributed by atoms with Crippen molar-refractivity contribution in [2.75, 3.05) is 77.2 Å². The number of aromatic nitrogens is 1. The molecule has 2 aliphatic heterocycles. The molecule has 1 saturated heterocycles. The number of nitrogens with zero attached hydrogens (tertiary/aromatic N) is 6. The van der Waals surface area contributed by atoms with Crippen LogP contribution in [0.1, 0.15) is 23.1 Å². The van der Waals surface area contributed by atoms with Gasteiger partial charge in [0.25, 0.3) is 0 Å². The summed E-state index contributed by atoms with van der Waals surface area (Å²) >= 11 is 0. The molecule has 2 aromatic carbocycles. The van der Waals surface area contributed by atoms with Gasteiger partial charge in [0.1, 0.15) is 12.0 Å². The van der Waals surface area contributed by atoms with Crippen LogP contribution in [0.2, 0.25) is 0 Å². The maximum Gasteiger partial charge on any atom is 0.418 e. The highest BCUT2D eigenvalue weighted by Gasteiger charge is 2.35. The van der Waals surface area contributed by atoms with Crippen molar-refractivity contribution in [3.8, 4) is 11.3 Å². The Labute approximate surface area is 259 Å². The number of hydrogen-bond acceptors (Lipinski definition) is 7. The average molecular weight is 634 g/mol. The van der Waals surface area contributed by atoms with Gasteiger partial charge >= 0.3 is 12.4 Å². The van der Waals surface area contributed by atoms with Crippen molar-refractivity contribution < 1.29 is 26.3 Å².